The summed E-state index contributed by atoms with van der Waals surface area (Å²) in [6.07, 6.45) is 12.5. The van der Waals surface area contributed by atoms with Gasteiger partial charge >= 0.3 is 35.8 Å². The number of ether oxygens (including phenoxy) is 6. The van der Waals surface area contributed by atoms with Gasteiger partial charge in [-0.15, -0.1) is 0 Å². The molecular formula is C45H51BrN4O13. The molecule has 63 heavy (non-hydrogen) atoms. The van der Waals surface area contributed by atoms with Crippen LogP contribution in [0.2, 0.25) is 0 Å². The van der Waals surface area contributed by atoms with Gasteiger partial charge < -0.3 is 28.4 Å². The number of halogens is 1. The summed E-state index contributed by atoms with van der Waals surface area (Å²) in [4.78, 5) is 92.9. The lowest BCUT2D eigenvalue weighted by molar-refractivity contribution is -0.140. The van der Waals surface area contributed by atoms with E-state index >= 15 is 0 Å². The highest BCUT2D eigenvalue weighted by atomic mass is 79.9. The van der Waals surface area contributed by atoms with Crippen LogP contribution in [-0.2, 0) is 55.6 Å². The number of rotatable bonds is 9. The van der Waals surface area contributed by atoms with Crippen LogP contribution < -0.4 is 0 Å². The van der Waals surface area contributed by atoms with E-state index in [1.807, 2.05) is 45.9 Å². The van der Waals surface area contributed by atoms with Crippen molar-refractivity contribution in [2.75, 3.05) is 42.7 Å². The highest BCUT2D eigenvalue weighted by molar-refractivity contribution is 9.10. The molecule has 5 rings (SSSR count). The molecule has 0 aromatic carbocycles. The molecule has 336 valence electrons. The second-order valence-corrected chi connectivity index (χ2v) is 13.7. The third kappa shape index (κ3) is 19.1. The van der Waals surface area contributed by atoms with E-state index in [1.165, 1.54) is 54.8 Å². The first-order valence-corrected chi connectivity index (χ1v) is 19.5. The van der Waals surface area contributed by atoms with Crippen LogP contribution in [-0.4, -0.2) is 104 Å². The van der Waals surface area contributed by atoms with Crippen molar-refractivity contribution in [3.05, 3.63) is 134 Å². The van der Waals surface area contributed by atoms with Crippen LogP contribution in [0.5, 0.6) is 0 Å². The summed E-state index contributed by atoms with van der Waals surface area (Å²) < 4.78 is 27.6. The minimum Gasteiger partial charge on any atom is -0.469 e. The average Bonchev–Trinajstić information content (AvgIpc) is 3.65. The number of esters is 6. The van der Waals surface area contributed by atoms with Gasteiger partial charge in [0.2, 0.25) is 0 Å². The zero-order valence-corrected chi connectivity index (χ0v) is 38.4. The zero-order chi connectivity index (χ0) is 47.6. The Labute approximate surface area is 374 Å². The smallest absolute Gasteiger partial charge is 0.357 e. The molecule has 0 unspecified atom stereocenters. The number of carbonyl (C=O) groups excluding carboxylic acids is 7. The van der Waals surface area contributed by atoms with Crippen molar-refractivity contribution < 1.29 is 62.0 Å². The molecule has 18 heteroatoms. The molecule has 1 aliphatic carbocycles. The highest BCUT2D eigenvalue weighted by Crippen LogP contribution is 2.20. The molecule has 4 aromatic rings. The summed E-state index contributed by atoms with van der Waals surface area (Å²) in [6.45, 7) is 10.8. The van der Waals surface area contributed by atoms with E-state index < -0.39 is 29.8 Å². The quantitative estimate of drug-likeness (QED) is 0.0998. The lowest BCUT2D eigenvalue weighted by Crippen LogP contribution is -2.11. The summed E-state index contributed by atoms with van der Waals surface area (Å²) in [7, 11) is 7.83. The highest BCUT2D eigenvalue weighted by Gasteiger charge is 2.20. The molecule has 0 saturated heterocycles. The number of aromatic nitrogens is 4. The van der Waals surface area contributed by atoms with Crippen LogP contribution in [0.25, 0.3) is 6.08 Å². The van der Waals surface area contributed by atoms with Gasteiger partial charge in [-0.2, -0.15) is 0 Å². The topological polar surface area (TPSA) is 226 Å². The average molecular weight is 936 g/mol. The van der Waals surface area contributed by atoms with Gasteiger partial charge in [-0.1, -0.05) is 18.7 Å². The third-order valence-corrected chi connectivity index (χ3v) is 8.66. The Balaban J connectivity index is 0.000000407. The lowest BCUT2D eigenvalue weighted by atomic mass is 10.1. The van der Waals surface area contributed by atoms with E-state index in [0.717, 1.165) is 40.3 Å². The molecule has 0 fully saturated rings. The molecule has 1 aliphatic rings. The molecule has 4 heterocycles. The van der Waals surface area contributed by atoms with E-state index in [-0.39, 0.29) is 29.6 Å². The molecule has 4 aromatic heterocycles. The van der Waals surface area contributed by atoms with Gasteiger partial charge in [0, 0.05) is 55.3 Å². The summed E-state index contributed by atoms with van der Waals surface area (Å²) in [5, 5.41) is 0. The number of fused-ring (bicyclic) bond motifs is 1. The van der Waals surface area contributed by atoms with Crippen molar-refractivity contribution in [2.24, 2.45) is 0 Å². The maximum Gasteiger partial charge on any atom is 0.357 e. The second-order valence-electron chi connectivity index (χ2n) is 12.9. The van der Waals surface area contributed by atoms with Crippen LogP contribution in [0.4, 0.5) is 0 Å². The van der Waals surface area contributed by atoms with E-state index in [2.05, 4.69) is 70.9 Å². The minimum atomic E-state index is -0.547. The molecule has 0 bridgehead atoms. The number of carbonyl (C=O) groups is 7. The fourth-order valence-corrected chi connectivity index (χ4v) is 5.58. The molecular weight excluding hydrogens is 884 g/mol. The van der Waals surface area contributed by atoms with Crippen molar-refractivity contribution in [1.29, 1.82) is 0 Å². The number of Topliss-reactive ketones (excluding diaryl/α,β-unsaturated/α-hetero) is 1. The summed E-state index contributed by atoms with van der Waals surface area (Å²) >= 11 is 3.23. The number of aryl methyl sites for hydroxylation is 6. The van der Waals surface area contributed by atoms with Crippen molar-refractivity contribution in [2.45, 2.75) is 53.4 Å². The first-order valence-electron chi connectivity index (χ1n) is 18.7. The number of hydrogen-bond acceptors (Lipinski definition) is 17. The molecule has 0 aliphatic heterocycles. The van der Waals surface area contributed by atoms with Gasteiger partial charge in [-0.25, -0.2) is 38.9 Å². The van der Waals surface area contributed by atoms with E-state index in [9.17, 15) is 33.6 Å². The summed E-state index contributed by atoms with van der Waals surface area (Å²) in [5.74, 6) is -2.49. The van der Waals surface area contributed by atoms with E-state index in [1.54, 1.807) is 30.9 Å². The first-order chi connectivity index (χ1) is 29.9. The normalized spacial score (nSPS) is 10.6. The standard InChI is InChI=1S/C12H15NO4.C12H13NO4.C9H9NO.C8H8BrNO2.C4H6O2/c2*1-8-6-9(4-5-10(14)16-2)11(13-7-8)12(15)17-3;1-6-4-7-2-3-8(11)9(7)10-5-6;1-5-3-6(9)7(10-4-5)8(11)12-2;1-3-4(5)6-2/h6-7H,4-5H2,1-3H3;4-7H,1-3H3;4-5H,2-3H2,1H3;3-4H,1-2H3;3H,1H2,2H3/b;5-4+;;;. The number of pyridine rings is 4. The number of hydrogen-bond donors (Lipinski definition) is 0. The predicted molar refractivity (Wildman–Crippen MR) is 234 cm³/mol. The fraction of sp³-hybridized carbons (Fsp3) is 0.311. The molecule has 0 N–H and O–H groups in total. The van der Waals surface area contributed by atoms with E-state index in [0.29, 0.717) is 39.8 Å². The molecule has 0 radical (unpaired) electrons. The van der Waals surface area contributed by atoms with Crippen molar-refractivity contribution >= 4 is 63.6 Å². The maximum atomic E-state index is 11.5. The van der Waals surface area contributed by atoms with Crippen molar-refractivity contribution in [3.8, 4) is 0 Å². The van der Waals surface area contributed by atoms with Crippen LogP contribution in [0, 0.1) is 27.7 Å². The molecule has 0 spiro atoms. The summed E-state index contributed by atoms with van der Waals surface area (Å²) in [6, 6.07) is 7.42. The third-order valence-electron chi connectivity index (χ3n) is 8.05. The molecule has 17 nitrogen and oxygen atoms in total. The van der Waals surface area contributed by atoms with Crippen molar-refractivity contribution in [3.63, 3.8) is 0 Å². The second kappa shape index (κ2) is 28.6. The van der Waals surface area contributed by atoms with Crippen LogP contribution in [0.3, 0.4) is 0 Å². The van der Waals surface area contributed by atoms with Gasteiger partial charge in [0.15, 0.2) is 22.9 Å². The van der Waals surface area contributed by atoms with Gasteiger partial charge in [0.05, 0.1) is 47.1 Å². The van der Waals surface area contributed by atoms with Crippen LogP contribution in [0.1, 0.15) is 93.7 Å². The van der Waals surface area contributed by atoms with Gasteiger partial charge in [0.1, 0.15) is 5.69 Å². The first kappa shape index (κ1) is 54.1. The number of nitrogens with zero attached hydrogens (tertiary/aromatic N) is 4. The van der Waals surface area contributed by atoms with Gasteiger partial charge in [-0.05, 0) is 108 Å². The van der Waals surface area contributed by atoms with E-state index in [4.69, 9.17) is 0 Å². The molecule has 0 amide bonds. The monoisotopic (exact) mass is 934 g/mol. The Kier molecular flexibility index (Phi) is 24.5. The zero-order valence-electron chi connectivity index (χ0n) is 36.9. The Hall–Kier alpha value is -6.95. The van der Waals surface area contributed by atoms with Crippen LogP contribution >= 0.6 is 15.9 Å². The maximum absolute atomic E-state index is 11.5. The Morgan fingerprint density at radius 3 is 1.63 bits per heavy atom. The Bertz CT molecular complexity index is 2290. The predicted octanol–water partition coefficient (Wildman–Crippen LogP) is 6.45. The molecule has 0 saturated carbocycles. The largest absolute Gasteiger partial charge is 0.469 e. The number of ketones is 1. The lowest BCUT2D eigenvalue weighted by Gasteiger charge is -2.07. The van der Waals surface area contributed by atoms with Crippen LogP contribution in [0.15, 0.2) is 72.3 Å². The van der Waals surface area contributed by atoms with Gasteiger partial charge in [-0.3, -0.25) is 14.6 Å². The SMILES string of the molecule is C=CC(=O)OC.COC(=O)/C=C/c1cc(C)cnc1C(=O)OC.COC(=O)CCc1cc(C)cnc1C(=O)OC.COC(=O)c1ncc(C)cc1Br.Cc1cnc2c(c1)CCC2=O. The van der Waals surface area contributed by atoms with Gasteiger partial charge in [0.25, 0.3) is 0 Å². The summed E-state index contributed by atoms with van der Waals surface area (Å²) in [5.41, 5.74) is 7.69. The minimum absolute atomic E-state index is 0.165. The molecule has 0 atom stereocenters. The number of methoxy groups -OCH3 is 6. The Morgan fingerprint density at radius 2 is 1.11 bits per heavy atom. The Morgan fingerprint density at radius 1 is 0.619 bits per heavy atom. The van der Waals surface area contributed by atoms with Crippen molar-refractivity contribution in [1.82, 2.24) is 19.9 Å². The fourth-order valence-electron chi connectivity index (χ4n) is 4.95.